The first-order valence-electron chi connectivity index (χ1n) is 6.34. The molecule has 0 aromatic heterocycles. The molecule has 0 spiro atoms. The monoisotopic (exact) mass is 301 g/mol. The van der Waals surface area contributed by atoms with E-state index in [1.165, 1.54) is 0 Å². The van der Waals surface area contributed by atoms with E-state index in [9.17, 15) is 4.79 Å². The summed E-state index contributed by atoms with van der Waals surface area (Å²) in [5.41, 5.74) is 6.35. The number of anilines is 1. The molecule has 3 N–H and O–H groups in total. The molecule has 1 fully saturated rings. The van der Waals surface area contributed by atoms with Gasteiger partial charge in [-0.15, -0.1) is 0 Å². The lowest BCUT2D eigenvalue weighted by Gasteiger charge is -2.34. The Morgan fingerprint density at radius 2 is 2.16 bits per heavy atom. The first-order valence-corrected chi connectivity index (χ1v) is 7.10. The molecule has 2 rings (SSSR count). The summed E-state index contributed by atoms with van der Waals surface area (Å²) in [4.78, 5) is 14.0. The molecule has 104 valence electrons. The van der Waals surface area contributed by atoms with Crippen LogP contribution in [0.3, 0.4) is 0 Å². The van der Waals surface area contributed by atoms with Crippen LogP contribution >= 0.6 is 23.2 Å². The zero-order valence-electron chi connectivity index (χ0n) is 10.5. The Kier molecular flexibility index (Phi) is 4.91. The van der Waals surface area contributed by atoms with Crippen molar-refractivity contribution < 1.29 is 4.79 Å². The van der Waals surface area contributed by atoms with Crippen molar-refractivity contribution in [3.63, 3.8) is 0 Å². The lowest BCUT2D eigenvalue weighted by molar-refractivity contribution is 0.166. The fraction of sp³-hybridized carbons (Fsp3) is 0.462. The summed E-state index contributed by atoms with van der Waals surface area (Å²) in [7, 11) is 0. The predicted molar refractivity (Wildman–Crippen MR) is 78.9 cm³/mol. The van der Waals surface area contributed by atoms with Gasteiger partial charge in [0, 0.05) is 24.8 Å². The summed E-state index contributed by atoms with van der Waals surface area (Å²) in [6.45, 7) is 1.24. The van der Waals surface area contributed by atoms with Gasteiger partial charge in [-0.2, -0.15) is 0 Å². The minimum atomic E-state index is -0.131. The summed E-state index contributed by atoms with van der Waals surface area (Å²) in [6.07, 6.45) is 3.11. The van der Waals surface area contributed by atoms with Gasteiger partial charge < -0.3 is 16.0 Å². The number of carbonyl (C=O) groups excluding carboxylic acids is 1. The third-order valence-corrected chi connectivity index (χ3v) is 4.07. The number of hydrogen-bond acceptors (Lipinski definition) is 2. The van der Waals surface area contributed by atoms with Crippen LogP contribution in [0.1, 0.15) is 19.3 Å². The van der Waals surface area contributed by atoms with E-state index >= 15 is 0 Å². The minimum absolute atomic E-state index is 0.122. The van der Waals surface area contributed by atoms with Crippen molar-refractivity contribution in [1.29, 1.82) is 0 Å². The second kappa shape index (κ2) is 6.46. The van der Waals surface area contributed by atoms with Crippen molar-refractivity contribution in [2.24, 2.45) is 5.73 Å². The summed E-state index contributed by atoms with van der Waals surface area (Å²) >= 11 is 11.8. The number of halogens is 2. The summed E-state index contributed by atoms with van der Waals surface area (Å²) < 4.78 is 0. The molecule has 2 amide bonds. The van der Waals surface area contributed by atoms with Crippen molar-refractivity contribution >= 4 is 34.9 Å². The standard InChI is InChI=1S/C13H17Cl2N3O/c14-11-5-4-9(7-12(11)15)17-13(19)18-6-2-1-3-10(18)8-16/h4-5,7,10H,1-3,6,8,16H2,(H,17,19). The molecule has 4 nitrogen and oxygen atoms in total. The average Bonchev–Trinajstić information content (AvgIpc) is 2.43. The highest BCUT2D eigenvalue weighted by atomic mass is 35.5. The topological polar surface area (TPSA) is 58.4 Å². The van der Waals surface area contributed by atoms with Gasteiger partial charge in [-0.1, -0.05) is 23.2 Å². The number of piperidine rings is 1. The van der Waals surface area contributed by atoms with Crippen LogP contribution in [-0.4, -0.2) is 30.1 Å². The number of carbonyl (C=O) groups is 1. The van der Waals surface area contributed by atoms with E-state index in [0.717, 1.165) is 25.8 Å². The second-order valence-electron chi connectivity index (χ2n) is 4.64. The van der Waals surface area contributed by atoms with Gasteiger partial charge in [-0.25, -0.2) is 4.79 Å². The molecule has 1 aliphatic heterocycles. The van der Waals surface area contributed by atoms with Crippen molar-refractivity contribution in [2.45, 2.75) is 25.3 Å². The molecule has 1 saturated heterocycles. The number of nitrogens with two attached hydrogens (primary N) is 1. The smallest absolute Gasteiger partial charge is 0.322 e. The van der Waals surface area contributed by atoms with E-state index in [0.29, 0.717) is 22.3 Å². The maximum Gasteiger partial charge on any atom is 0.322 e. The van der Waals surface area contributed by atoms with Crippen LogP contribution in [0.5, 0.6) is 0 Å². The predicted octanol–water partition coefficient (Wildman–Crippen LogP) is 3.34. The zero-order valence-corrected chi connectivity index (χ0v) is 12.0. The number of hydrogen-bond donors (Lipinski definition) is 2. The molecular weight excluding hydrogens is 285 g/mol. The Hall–Kier alpha value is -0.970. The van der Waals surface area contributed by atoms with Crippen LogP contribution in [0, 0.1) is 0 Å². The van der Waals surface area contributed by atoms with E-state index in [4.69, 9.17) is 28.9 Å². The third-order valence-electron chi connectivity index (χ3n) is 3.33. The van der Waals surface area contributed by atoms with Gasteiger partial charge in [0.2, 0.25) is 0 Å². The molecule has 0 saturated carbocycles. The van der Waals surface area contributed by atoms with E-state index in [1.807, 2.05) is 0 Å². The van der Waals surface area contributed by atoms with Gasteiger partial charge in [0.05, 0.1) is 10.0 Å². The van der Waals surface area contributed by atoms with Crippen LogP contribution in [0.15, 0.2) is 18.2 Å². The van der Waals surface area contributed by atoms with Crippen LogP contribution in [0.4, 0.5) is 10.5 Å². The first kappa shape index (κ1) is 14.4. The molecule has 1 atom stereocenters. The molecule has 1 heterocycles. The van der Waals surface area contributed by atoms with Gasteiger partial charge in [0.15, 0.2) is 0 Å². The van der Waals surface area contributed by atoms with Crippen molar-refractivity contribution in [1.82, 2.24) is 4.90 Å². The highest BCUT2D eigenvalue weighted by Crippen LogP contribution is 2.25. The number of rotatable bonds is 2. The molecule has 19 heavy (non-hydrogen) atoms. The largest absolute Gasteiger partial charge is 0.328 e. The van der Waals surface area contributed by atoms with Crippen molar-refractivity contribution in [3.8, 4) is 0 Å². The second-order valence-corrected chi connectivity index (χ2v) is 5.45. The van der Waals surface area contributed by atoms with Gasteiger partial charge in [-0.3, -0.25) is 0 Å². The number of likely N-dealkylation sites (tertiary alicyclic amines) is 1. The normalized spacial score (nSPS) is 19.3. The Morgan fingerprint density at radius 3 is 2.84 bits per heavy atom. The fourth-order valence-corrected chi connectivity index (χ4v) is 2.58. The number of urea groups is 1. The molecule has 0 bridgehead atoms. The molecule has 6 heteroatoms. The van der Waals surface area contributed by atoms with Crippen LogP contribution in [0.2, 0.25) is 10.0 Å². The lowest BCUT2D eigenvalue weighted by atomic mass is 10.0. The number of nitrogens with one attached hydrogen (secondary N) is 1. The summed E-state index contributed by atoms with van der Waals surface area (Å²) in [5, 5.41) is 3.73. The molecule has 1 unspecified atom stereocenters. The Morgan fingerprint density at radius 1 is 1.37 bits per heavy atom. The number of nitrogens with zero attached hydrogens (tertiary/aromatic N) is 1. The fourth-order valence-electron chi connectivity index (χ4n) is 2.28. The van der Waals surface area contributed by atoms with Gasteiger partial charge in [0.25, 0.3) is 0 Å². The molecule has 1 aromatic rings. The molecule has 1 aliphatic rings. The van der Waals surface area contributed by atoms with E-state index in [-0.39, 0.29) is 12.1 Å². The highest BCUT2D eigenvalue weighted by Gasteiger charge is 2.25. The average molecular weight is 302 g/mol. The molecular formula is C13H17Cl2N3O. The minimum Gasteiger partial charge on any atom is -0.328 e. The quantitative estimate of drug-likeness (QED) is 0.880. The Bertz CT molecular complexity index is 467. The molecule has 0 aliphatic carbocycles. The van der Waals surface area contributed by atoms with E-state index < -0.39 is 0 Å². The highest BCUT2D eigenvalue weighted by molar-refractivity contribution is 6.42. The SMILES string of the molecule is NCC1CCCCN1C(=O)Nc1ccc(Cl)c(Cl)c1. The maximum absolute atomic E-state index is 12.2. The van der Waals surface area contributed by atoms with E-state index in [1.54, 1.807) is 23.1 Å². The Balaban J connectivity index is 2.05. The zero-order chi connectivity index (χ0) is 13.8. The lowest BCUT2D eigenvalue weighted by Crippen LogP contribution is -2.49. The molecule has 1 aromatic carbocycles. The summed E-state index contributed by atoms with van der Waals surface area (Å²) in [5.74, 6) is 0. The third kappa shape index (κ3) is 3.53. The first-order chi connectivity index (χ1) is 9.11. The van der Waals surface area contributed by atoms with Crippen LogP contribution in [0.25, 0.3) is 0 Å². The maximum atomic E-state index is 12.2. The van der Waals surface area contributed by atoms with Crippen LogP contribution in [-0.2, 0) is 0 Å². The Labute approximate surface area is 122 Å². The number of benzene rings is 1. The van der Waals surface area contributed by atoms with Gasteiger partial charge in [-0.05, 0) is 37.5 Å². The summed E-state index contributed by atoms with van der Waals surface area (Å²) in [6, 6.07) is 5.03. The van der Waals surface area contributed by atoms with Crippen molar-refractivity contribution in [3.05, 3.63) is 28.2 Å². The molecule has 0 radical (unpaired) electrons. The van der Waals surface area contributed by atoms with E-state index in [2.05, 4.69) is 5.32 Å². The van der Waals surface area contributed by atoms with Crippen LogP contribution < -0.4 is 11.1 Å². The van der Waals surface area contributed by atoms with Crippen molar-refractivity contribution in [2.75, 3.05) is 18.4 Å². The van der Waals surface area contributed by atoms with Gasteiger partial charge >= 0.3 is 6.03 Å². The number of amides is 2. The van der Waals surface area contributed by atoms with Gasteiger partial charge in [0.1, 0.15) is 0 Å².